The average Bonchev–Trinajstić information content (AvgIpc) is 2.64. The molecule has 2 saturated carbocycles. The van der Waals surface area contributed by atoms with Crippen molar-refractivity contribution in [2.75, 3.05) is 0 Å². The Labute approximate surface area is 166 Å². The molecular weight excluding hydrogens is 371 g/mol. The average molecular weight is 416 g/mol. The largest absolute Gasteiger partial charge is 0.358 e. The Morgan fingerprint density at radius 1 is 0.917 bits per heavy atom. The maximum Gasteiger partial charge on any atom is -0.0525 e. The van der Waals surface area contributed by atoms with E-state index in [1.807, 2.05) is 0 Å². The van der Waals surface area contributed by atoms with Crippen molar-refractivity contribution in [2.45, 2.75) is 111 Å². The van der Waals surface area contributed by atoms with Crippen LogP contribution in [-0.4, -0.2) is 5.54 Å². The van der Waals surface area contributed by atoms with Crippen LogP contribution < -0.4 is 0 Å². The van der Waals surface area contributed by atoms with Crippen molar-refractivity contribution in [3.8, 4) is 0 Å². The van der Waals surface area contributed by atoms with Gasteiger partial charge in [0.15, 0.2) is 0 Å². The fourth-order valence-electron chi connectivity index (χ4n) is 2.87. The third-order valence-electron chi connectivity index (χ3n) is 5.27. The molecule has 0 amide bonds. The van der Waals surface area contributed by atoms with Gasteiger partial charge < -0.3 is 20.3 Å². The van der Waals surface area contributed by atoms with Crippen LogP contribution in [-0.2, 0) is 20.9 Å². The van der Waals surface area contributed by atoms with Crippen molar-refractivity contribution >= 4 is 0 Å². The van der Waals surface area contributed by atoms with Crippen LogP contribution in [0, 0.1) is 32.1 Å². The molecule has 2 atom stereocenters. The standard InChI is InChI=1S/C10H19.C6H11.C5H11N.CH3.Nb/c1-3-9-6-5-7-10(4-2)8-9;1-2-4-6-5-3-1;1-4-5(2,3)6;;/h5,9-10H,3-4,6-8H2,1-2H3;1H,2-6H2;4H2,1-3H3;1H3;/q2*-1;;-1;. The minimum absolute atomic E-state index is 0. The summed E-state index contributed by atoms with van der Waals surface area (Å²) in [4.78, 5) is 0. The van der Waals surface area contributed by atoms with Gasteiger partial charge in [0.2, 0.25) is 0 Å². The van der Waals surface area contributed by atoms with Crippen LogP contribution in [0.4, 0.5) is 0 Å². The van der Waals surface area contributed by atoms with Gasteiger partial charge in [0.25, 0.3) is 0 Å². The van der Waals surface area contributed by atoms with E-state index >= 15 is 0 Å². The summed E-state index contributed by atoms with van der Waals surface area (Å²) < 4.78 is 4.19. The first-order chi connectivity index (χ1) is 11.0. The number of rotatable bonds is 4. The van der Waals surface area contributed by atoms with Gasteiger partial charge in [-0.05, 0) is 0 Å². The second-order valence-corrected chi connectivity index (χ2v) is 8.23. The van der Waals surface area contributed by atoms with E-state index in [0.29, 0.717) is 0 Å². The SMILES string of the molecule is CCC(C)(C)[N]=[Nb].CCC1C[CH-]CC(CC)C1.[CH-]1CCCCC1.[CH3-]. The topological polar surface area (TPSA) is 12.4 Å². The first kappa shape index (κ1) is 26.8. The smallest absolute Gasteiger partial charge is 0.0525 e. The van der Waals surface area contributed by atoms with Gasteiger partial charge in [-0.2, -0.15) is 25.7 Å². The molecule has 2 aliphatic rings. The summed E-state index contributed by atoms with van der Waals surface area (Å²) in [7, 11) is 0. The molecule has 0 aliphatic heterocycles. The normalized spacial score (nSPS) is 23.5. The second kappa shape index (κ2) is 17.0. The Morgan fingerprint density at radius 3 is 1.62 bits per heavy atom. The summed E-state index contributed by atoms with van der Waals surface area (Å²) in [6, 6.07) is 0. The van der Waals surface area contributed by atoms with Crippen LogP contribution >= 0.6 is 0 Å². The number of hydrogen-bond acceptors (Lipinski definition) is 1. The summed E-state index contributed by atoms with van der Waals surface area (Å²) in [5.74, 6) is 2.03. The van der Waals surface area contributed by atoms with Crippen LogP contribution in [0.1, 0.15) is 105 Å². The van der Waals surface area contributed by atoms with Gasteiger partial charge in [-0.15, -0.1) is 0 Å². The van der Waals surface area contributed by atoms with Crippen molar-refractivity contribution in [3.63, 3.8) is 0 Å². The van der Waals surface area contributed by atoms with E-state index in [1.165, 1.54) is 64.2 Å². The van der Waals surface area contributed by atoms with E-state index in [9.17, 15) is 0 Å². The van der Waals surface area contributed by atoms with Crippen LogP contribution in [0.3, 0.4) is 0 Å². The molecule has 2 fully saturated rings. The molecular formula is C22H44NNb-3. The molecule has 0 aromatic heterocycles. The van der Waals surface area contributed by atoms with E-state index in [1.54, 1.807) is 20.9 Å². The fourth-order valence-corrected chi connectivity index (χ4v) is 3.21. The van der Waals surface area contributed by atoms with Crippen molar-refractivity contribution in [2.24, 2.45) is 15.2 Å². The van der Waals surface area contributed by atoms with Crippen LogP contribution in [0.5, 0.6) is 0 Å². The molecule has 145 valence electrons. The molecule has 0 aromatic carbocycles. The summed E-state index contributed by atoms with van der Waals surface area (Å²) in [5, 5.41) is 0. The van der Waals surface area contributed by atoms with E-state index in [2.05, 4.69) is 50.8 Å². The molecule has 0 N–H and O–H groups in total. The summed E-state index contributed by atoms with van der Waals surface area (Å²) in [6.45, 7) is 11.1. The molecule has 2 rings (SSSR count). The van der Waals surface area contributed by atoms with Crippen LogP contribution in [0.2, 0.25) is 0 Å². The molecule has 2 heteroatoms. The summed E-state index contributed by atoms with van der Waals surface area (Å²) in [6.07, 6.45) is 20.2. The molecule has 0 bridgehead atoms. The molecule has 2 aliphatic carbocycles. The van der Waals surface area contributed by atoms with Crippen LogP contribution in [0.15, 0.2) is 3.34 Å². The third-order valence-corrected chi connectivity index (χ3v) is 6.60. The Balaban J connectivity index is 0. The number of hydrogen-bond donors (Lipinski definition) is 0. The van der Waals surface area contributed by atoms with Gasteiger partial charge in [0, 0.05) is 0 Å². The van der Waals surface area contributed by atoms with Gasteiger partial charge in [-0.25, -0.2) is 0 Å². The predicted molar refractivity (Wildman–Crippen MR) is 106 cm³/mol. The molecule has 24 heavy (non-hydrogen) atoms. The zero-order valence-corrected chi connectivity index (χ0v) is 19.7. The molecule has 0 aromatic rings. The molecule has 1 nitrogen and oxygen atoms in total. The van der Waals surface area contributed by atoms with Gasteiger partial charge in [0.05, 0.1) is 0 Å². The zero-order chi connectivity index (χ0) is 17.6. The first-order valence-electron chi connectivity index (χ1n) is 9.98. The Hall–Kier alpha value is 0.540. The van der Waals surface area contributed by atoms with Gasteiger partial charge >= 0.3 is 57.0 Å². The quantitative estimate of drug-likeness (QED) is 0.326. The summed E-state index contributed by atoms with van der Waals surface area (Å²) >= 11 is 1.55. The summed E-state index contributed by atoms with van der Waals surface area (Å²) in [5.41, 5.74) is 0.231. The molecule has 0 spiro atoms. The maximum absolute atomic E-state index is 4.19. The third kappa shape index (κ3) is 14.8. The van der Waals surface area contributed by atoms with Gasteiger partial charge in [-0.1, -0.05) is 64.2 Å². The Morgan fingerprint density at radius 2 is 1.42 bits per heavy atom. The van der Waals surface area contributed by atoms with Crippen LogP contribution in [0.25, 0.3) is 0 Å². The fraction of sp³-hybridized carbons (Fsp3) is 0.864. The van der Waals surface area contributed by atoms with E-state index in [-0.39, 0.29) is 13.0 Å². The second-order valence-electron chi connectivity index (χ2n) is 7.74. The van der Waals surface area contributed by atoms with Crippen molar-refractivity contribution in [1.82, 2.24) is 0 Å². The van der Waals surface area contributed by atoms with E-state index < -0.39 is 0 Å². The minimum Gasteiger partial charge on any atom is -0.358 e. The molecule has 2 unspecified atom stereocenters. The number of nitrogens with zero attached hydrogens (tertiary/aromatic N) is 1. The van der Waals surface area contributed by atoms with E-state index in [4.69, 9.17) is 0 Å². The zero-order valence-electron chi connectivity index (χ0n) is 17.5. The monoisotopic (exact) mass is 415 g/mol. The van der Waals surface area contributed by atoms with Gasteiger partial charge in [0.1, 0.15) is 0 Å². The molecule has 0 radical (unpaired) electrons. The van der Waals surface area contributed by atoms with Crippen molar-refractivity contribution in [3.05, 3.63) is 20.3 Å². The minimum atomic E-state index is 0. The van der Waals surface area contributed by atoms with Crippen molar-refractivity contribution < 1.29 is 20.9 Å². The maximum atomic E-state index is 4.19. The van der Waals surface area contributed by atoms with Crippen molar-refractivity contribution in [1.29, 1.82) is 0 Å². The Bertz CT molecular complexity index is 250. The molecule has 0 heterocycles. The molecule has 0 saturated heterocycles. The van der Waals surface area contributed by atoms with E-state index in [0.717, 1.165) is 18.3 Å². The van der Waals surface area contributed by atoms with Gasteiger partial charge in [-0.3, -0.25) is 0 Å². The first-order valence-corrected chi connectivity index (χ1v) is 11.0. The predicted octanol–water partition coefficient (Wildman–Crippen LogP) is 7.94. The Kier molecular flexibility index (Phi) is 18.9.